The molecule has 0 bridgehead atoms. The van der Waals surface area contributed by atoms with Crippen LogP contribution in [0.5, 0.6) is 11.5 Å². The van der Waals surface area contributed by atoms with Gasteiger partial charge < -0.3 is 16.2 Å². The SMILES string of the molecule is Cl.Cl.NCCCC(=O)c1ccc2c(c1)Cc1cc(C(=O)CCCN)ccc1O2. The summed E-state index contributed by atoms with van der Waals surface area (Å²) in [5.74, 6) is 1.70. The van der Waals surface area contributed by atoms with Gasteiger partial charge in [0, 0.05) is 41.5 Å². The molecule has 5 nitrogen and oxygen atoms in total. The second-order valence-corrected chi connectivity index (χ2v) is 6.55. The van der Waals surface area contributed by atoms with Crippen LogP contribution in [0.3, 0.4) is 0 Å². The maximum atomic E-state index is 12.2. The van der Waals surface area contributed by atoms with Crippen LogP contribution in [0.2, 0.25) is 0 Å². The quantitative estimate of drug-likeness (QED) is 0.531. The van der Waals surface area contributed by atoms with Gasteiger partial charge in [0.2, 0.25) is 0 Å². The Kier molecular flexibility index (Phi) is 9.62. The van der Waals surface area contributed by atoms with E-state index in [2.05, 4.69) is 0 Å². The van der Waals surface area contributed by atoms with Gasteiger partial charge in [0.05, 0.1) is 0 Å². The van der Waals surface area contributed by atoms with Crippen LogP contribution in [0.25, 0.3) is 0 Å². The van der Waals surface area contributed by atoms with E-state index in [9.17, 15) is 9.59 Å². The molecule has 0 unspecified atom stereocenters. The molecular formula is C21H26Cl2N2O3. The smallest absolute Gasteiger partial charge is 0.162 e. The van der Waals surface area contributed by atoms with Gasteiger partial charge >= 0.3 is 0 Å². The number of carbonyl (C=O) groups excluding carboxylic acids is 2. The molecule has 0 saturated heterocycles. The fourth-order valence-corrected chi connectivity index (χ4v) is 3.12. The number of fused-ring (bicyclic) bond motifs is 2. The van der Waals surface area contributed by atoms with E-state index in [0.717, 1.165) is 22.6 Å². The molecule has 0 amide bonds. The number of rotatable bonds is 8. The van der Waals surface area contributed by atoms with Crippen molar-refractivity contribution in [3.63, 3.8) is 0 Å². The first-order valence-electron chi connectivity index (χ1n) is 9.02. The Morgan fingerprint density at radius 1 is 0.786 bits per heavy atom. The predicted molar refractivity (Wildman–Crippen MR) is 115 cm³/mol. The van der Waals surface area contributed by atoms with Crippen molar-refractivity contribution in [3.05, 3.63) is 58.7 Å². The van der Waals surface area contributed by atoms with E-state index in [4.69, 9.17) is 16.2 Å². The molecule has 28 heavy (non-hydrogen) atoms. The first kappa shape index (κ1) is 24.1. The summed E-state index contributed by atoms with van der Waals surface area (Å²) in [4.78, 5) is 24.5. The molecule has 0 saturated carbocycles. The maximum Gasteiger partial charge on any atom is 0.162 e. The van der Waals surface area contributed by atoms with Gasteiger partial charge in [-0.15, -0.1) is 24.8 Å². The second-order valence-electron chi connectivity index (χ2n) is 6.55. The van der Waals surface area contributed by atoms with E-state index in [-0.39, 0.29) is 36.4 Å². The number of hydrogen-bond acceptors (Lipinski definition) is 5. The van der Waals surface area contributed by atoms with Gasteiger partial charge in [-0.1, -0.05) is 0 Å². The summed E-state index contributed by atoms with van der Waals surface area (Å²) in [6, 6.07) is 11.1. The minimum atomic E-state index is 0. The molecule has 0 atom stereocenters. The average Bonchev–Trinajstić information content (AvgIpc) is 2.67. The summed E-state index contributed by atoms with van der Waals surface area (Å²) >= 11 is 0. The molecule has 0 radical (unpaired) electrons. The number of Topliss-reactive ketones (excluding diaryl/α,β-unsaturated/α-hetero) is 2. The third-order valence-corrected chi connectivity index (χ3v) is 4.58. The molecule has 1 aliphatic rings. The third kappa shape index (κ3) is 5.55. The highest BCUT2D eigenvalue weighted by molar-refractivity contribution is 5.97. The van der Waals surface area contributed by atoms with E-state index in [1.165, 1.54) is 0 Å². The van der Waals surface area contributed by atoms with Gasteiger partial charge in [0.25, 0.3) is 0 Å². The molecule has 2 aromatic carbocycles. The first-order valence-corrected chi connectivity index (χ1v) is 9.02. The van der Waals surface area contributed by atoms with Gasteiger partial charge in [0.1, 0.15) is 11.5 Å². The number of nitrogens with two attached hydrogens (primary N) is 2. The zero-order valence-corrected chi connectivity index (χ0v) is 17.2. The van der Waals surface area contributed by atoms with Crippen molar-refractivity contribution in [2.24, 2.45) is 11.5 Å². The van der Waals surface area contributed by atoms with Crippen molar-refractivity contribution >= 4 is 36.4 Å². The van der Waals surface area contributed by atoms with Gasteiger partial charge in [-0.25, -0.2) is 0 Å². The molecule has 4 N–H and O–H groups in total. The number of ketones is 2. The summed E-state index contributed by atoms with van der Waals surface area (Å²) in [5, 5.41) is 0. The van der Waals surface area contributed by atoms with Crippen LogP contribution in [0.15, 0.2) is 36.4 Å². The van der Waals surface area contributed by atoms with Crippen LogP contribution in [0.1, 0.15) is 57.5 Å². The van der Waals surface area contributed by atoms with E-state index in [1.54, 1.807) is 12.1 Å². The lowest BCUT2D eigenvalue weighted by molar-refractivity contribution is 0.0973. The molecular weight excluding hydrogens is 399 g/mol. The molecule has 152 valence electrons. The van der Waals surface area contributed by atoms with Crippen LogP contribution in [0, 0.1) is 0 Å². The molecule has 0 spiro atoms. The van der Waals surface area contributed by atoms with Crippen LogP contribution in [-0.4, -0.2) is 24.7 Å². The van der Waals surface area contributed by atoms with Crippen LogP contribution >= 0.6 is 24.8 Å². The fraction of sp³-hybridized carbons (Fsp3) is 0.333. The van der Waals surface area contributed by atoms with Crippen molar-refractivity contribution in [2.45, 2.75) is 32.1 Å². The van der Waals surface area contributed by atoms with Crippen molar-refractivity contribution < 1.29 is 14.3 Å². The van der Waals surface area contributed by atoms with E-state index in [1.807, 2.05) is 24.3 Å². The number of carbonyl (C=O) groups is 2. The molecule has 0 aliphatic carbocycles. The van der Waals surface area contributed by atoms with Gasteiger partial charge in [-0.2, -0.15) is 0 Å². The Bertz CT molecular complexity index is 773. The van der Waals surface area contributed by atoms with Gasteiger partial charge in [-0.05, 0) is 62.3 Å². The Labute approximate surface area is 177 Å². The number of ether oxygens (including phenoxy) is 1. The highest BCUT2D eigenvalue weighted by Gasteiger charge is 2.20. The maximum absolute atomic E-state index is 12.2. The number of benzene rings is 2. The first-order chi connectivity index (χ1) is 12.6. The summed E-state index contributed by atoms with van der Waals surface area (Å²) in [6.45, 7) is 1.02. The Balaban J connectivity index is 0.00000196. The standard InChI is InChI=1S/C21H24N2O3.2ClH/c22-9-1-3-18(24)14-5-7-20-16(11-14)13-17-12-15(6-8-21(17)26-20)19(25)4-2-10-23;;/h5-8,11-12H,1-4,9-10,13,22-23H2;2*1H. The normalized spacial score (nSPS) is 11.2. The zero-order valence-electron chi connectivity index (χ0n) is 15.6. The minimum absolute atomic E-state index is 0. The van der Waals surface area contributed by atoms with E-state index < -0.39 is 0 Å². The molecule has 0 fully saturated rings. The molecule has 1 heterocycles. The molecule has 3 rings (SSSR count). The minimum Gasteiger partial charge on any atom is -0.457 e. The van der Waals surface area contributed by atoms with Crippen molar-refractivity contribution in [1.82, 2.24) is 0 Å². The van der Waals surface area contributed by atoms with Crippen LogP contribution in [-0.2, 0) is 6.42 Å². The third-order valence-electron chi connectivity index (χ3n) is 4.58. The largest absolute Gasteiger partial charge is 0.457 e. The summed E-state index contributed by atoms with van der Waals surface area (Å²) in [5.41, 5.74) is 14.2. The molecule has 7 heteroatoms. The Morgan fingerprint density at radius 3 is 1.61 bits per heavy atom. The van der Waals surface area contributed by atoms with Crippen molar-refractivity contribution in [3.8, 4) is 11.5 Å². The summed E-state index contributed by atoms with van der Waals surface area (Å²) in [7, 11) is 0. The molecule has 1 aliphatic heterocycles. The highest BCUT2D eigenvalue weighted by Crippen LogP contribution is 2.37. The molecule has 0 aromatic heterocycles. The van der Waals surface area contributed by atoms with Crippen LogP contribution < -0.4 is 16.2 Å². The number of hydrogen-bond donors (Lipinski definition) is 2. The second kappa shape index (κ2) is 11.2. The predicted octanol–water partition coefficient (Wildman–Crippen LogP) is 4.07. The molecule has 2 aromatic rings. The lowest BCUT2D eigenvalue weighted by atomic mass is 9.94. The Hall–Kier alpha value is -1.92. The lowest BCUT2D eigenvalue weighted by Gasteiger charge is -2.21. The van der Waals surface area contributed by atoms with Crippen molar-refractivity contribution in [1.29, 1.82) is 0 Å². The van der Waals surface area contributed by atoms with Crippen molar-refractivity contribution in [2.75, 3.05) is 13.1 Å². The van der Waals surface area contributed by atoms with Gasteiger partial charge in [-0.3, -0.25) is 9.59 Å². The van der Waals surface area contributed by atoms with E-state index in [0.29, 0.717) is 56.3 Å². The van der Waals surface area contributed by atoms with E-state index >= 15 is 0 Å². The zero-order chi connectivity index (χ0) is 18.5. The van der Waals surface area contributed by atoms with Gasteiger partial charge in [0.15, 0.2) is 11.6 Å². The lowest BCUT2D eigenvalue weighted by Crippen LogP contribution is -2.09. The fourth-order valence-electron chi connectivity index (χ4n) is 3.12. The topological polar surface area (TPSA) is 95.4 Å². The average molecular weight is 425 g/mol. The summed E-state index contributed by atoms with van der Waals surface area (Å²) in [6.07, 6.45) is 2.91. The highest BCUT2D eigenvalue weighted by atomic mass is 35.5. The summed E-state index contributed by atoms with van der Waals surface area (Å²) < 4.78 is 5.95. The van der Waals surface area contributed by atoms with Crippen LogP contribution in [0.4, 0.5) is 0 Å². The number of halogens is 2. The Morgan fingerprint density at radius 2 is 1.21 bits per heavy atom. The monoisotopic (exact) mass is 424 g/mol.